The van der Waals surface area contributed by atoms with Crippen molar-refractivity contribution in [3.63, 3.8) is 0 Å². The van der Waals surface area contributed by atoms with E-state index in [1.54, 1.807) is 26.4 Å². The largest absolute Gasteiger partial charge is 0.388 e. The van der Waals surface area contributed by atoms with E-state index >= 15 is 0 Å². The molecule has 1 aliphatic rings. The van der Waals surface area contributed by atoms with Crippen LogP contribution in [0.3, 0.4) is 0 Å². The molecule has 9 nitrogen and oxygen atoms in total. The lowest BCUT2D eigenvalue weighted by molar-refractivity contribution is 0.100. The number of hydrogen-bond donors (Lipinski definition) is 3. The Morgan fingerprint density at radius 2 is 1.70 bits per heavy atom. The van der Waals surface area contributed by atoms with Gasteiger partial charge in [0.05, 0.1) is 5.82 Å². The van der Waals surface area contributed by atoms with Crippen LogP contribution >= 0.6 is 11.6 Å². The lowest BCUT2D eigenvalue weighted by Crippen LogP contribution is -2.32. The summed E-state index contributed by atoms with van der Waals surface area (Å²) in [6, 6.07) is 23.6. The fraction of sp³-hybridized carbons (Fsp3) is 0.273. The minimum atomic E-state index is -0.524. The molecule has 0 radical (unpaired) electrons. The van der Waals surface area contributed by atoms with Crippen LogP contribution < -0.4 is 21.8 Å². The molecular formula is C33H40ClN7O2. The highest BCUT2D eigenvalue weighted by Gasteiger charge is 2.16. The van der Waals surface area contributed by atoms with Gasteiger partial charge in [0.2, 0.25) is 5.96 Å². The monoisotopic (exact) mass is 601 g/mol. The highest BCUT2D eigenvalue weighted by molar-refractivity contribution is 6.30. The molecule has 3 aromatic carbocycles. The molecule has 0 bridgehead atoms. The summed E-state index contributed by atoms with van der Waals surface area (Å²) in [5.41, 5.74) is 11.7. The van der Waals surface area contributed by atoms with Crippen LogP contribution in [-0.2, 0) is 11.3 Å². The molecule has 1 unspecified atom stereocenters. The van der Waals surface area contributed by atoms with Gasteiger partial charge in [-0.05, 0) is 91.3 Å². The number of allylic oxidation sites excluding steroid dienone is 2. The molecule has 0 aliphatic heterocycles. The minimum absolute atomic E-state index is 0.00733. The van der Waals surface area contributed by atoms with E-state index in [1.807, 2.05) is 36.4 Å². The fourth-order valence-corrected chi connectivity index (χ4v) is 4.77. The first-order chi connectivity index (χ1) is 20.7. The number of halogens is 1. The van der Waals surface area contributed by atoms with Gasteiger partial charge in [-0.15, -0.1) is 0 Å². The van der Waals surface area contributed by atoms with E-state index in [0.29, 0.717) is 17.1 Å². The second kappa shape index (κ2) is 16.8. The van der Waals surface area contributed by atoms with Gasteiger partial charge in [-0.3, -0.25) is 4.79 Å². The summed E-state index contributed by atoms with van der Waals surface area (Å²) in [6.45, 7) is 7.00. The van der Waals surface area contributed by atoms with Crippen LogP contribution in [0.2, 0.25) is 5.02 Å². The van der Waals surface area contributed by atoms with Crippen LogP contribution in [0.1, 0.15) is 65.7 Å². The molecule has 1 aliphatic carbocycles. The molecule has 0 aromatic heterocycles. The second-order valence-corrected chi connectivity index (χ2v) is 10.5. The smallest absolute Gasteiger partial charge is 0.280 e. The van der Waals surface area contributed by atoms with E-state index in [0.717, 1.165) is 35.5 Å². The van der Waals surface area contributed by atoms with Crippen molar-refractivity contribution in [3.8, 4) is 0 Å². The third-order valence-electron chi connectivity index (χ3n) is 6.84. The van der Waals surface area contributed by atoms with Gasteiger partial charge >= 0.3 is 0 Å². The summed E-state index contributed by atoms with van der Waals surface area (Å²) >= 11 is 6.08. The van der Waals surface area contributed by atoms with Gasteiger partial charge in [0.25, 0.3) is 5.91 Å². The Balaban J connectivity index is 0.00000162. The number of rotatable bonds is 9. The molecule has 43 heavy (non-hydrogen) atoms. The van der Waals surface area contributed by atoms with Crippen molar-refractivity contribution in [1.82, 2.24) is 5.32 Å². The number of nitrogens with zero attached hydrogens (tertiary/aromatic N) is 4. The van der Waals surface area contributed by atoms with Gasteiger partial charge in [-0.2, -0.15) is 4.99 Å². The lowest BCUT2D eigenvalue weighted by Gasteiger charge is -2.30. The third kappa shape index (κ3) is 10.1. The standard InChI is InChI=1S/C31H34ClN7O.C2H6O/c1-21(24-12-16-28(32)17-13-24)35-22(2)39(29-18-14-26(15-19-29)25-6-4-3-5-7-25)20-23-8-10-27(11-9-23)30(40)36-31(33)37-38-34;1-3-2/h6,8-19,21,35H,2-5,7,20H2,1H3,(H4,33,34,36,37,40);1-2H3. The number of benzene rings is 3. The average Bonchev–Trinajstić information content (AvgIpc) is 3.01. The van der Waals surface area contributed by atoms with Gasteiger partial charge < -0.3 is 26.5 Å². The Morgan fingerprint density at radius 3 is 2.28 bits per heavy atom. The molecule has 226 valence electrons. The number of amides is 1. The predicted octanol–water partition coefficient (Wildman–Crippen LogP) is 7.17. The minimum Gasteiger partial charge on any atom is -0.388 e. The van der Waals surface area contributed by atoms with Gasteiger partial charge in [-0.1, -0.05) is 71.0 Å². The van der Waals surface area contributed by atoms with Crippen molar-refractivity contribution < 1.29 is 9.53 Å². The number of nitrogens with two attached hydrogens (primary N) is 2. The van der Waals surface area contributed by atoms with E-state index in [1.165, 1.54) is 24.0 Å². The third-order valence-corrected chi connectivity index (χ3v) is 7.09. The van der Waals surface area contributed by atoms with E-state index in [4.69, 9.17) is 23.2 Å². The van der Waals surface area contributed by atoms with Gasteiger partial charge in [-0.25, -0.2) is 0 Å². The maximum atomic E-state index is 12.4. The summed E-state index contributed by atoms with van der Waals surface area (Å²) in [6.07, 6.45) is 7.10. The average molecular weight is 602 g/mol. The van der Waals surface area contributed by atoms with E-state index in [-0.39, 0.29) is 12.0 Å². The first-order valence-electron chi connectivity index (χ1n) is 14.0. The molecule has 0 saturated carbocycles. The molecule has 0 fully saturated rings. The van der Waals surface area contributed by atoms with Crippen molar-refractivity contribution >= 4 is 34.7 Å². The maximum Gasteiger partial charge on any atom is 0.280 e. The zero-order chi connectivity index (χ0) is 31.2. The second-order valence-electron chi connectivity index (χ2n) is 10.1. The zero-order valence-electron chi connectivity index (χ0n) is 25.0. The number of guanidine groups is 1. The van der Waals surface area contributed by atoms with Crippen LogP contribution in [0.15, 0.2) is 107 Å². The number of anilines is 1. The Labute approximate surface area is 259 Å². The van der Waals surface area contributed by atoms with Crippen molar-refractivity contribution in [2.75, 3.05) is 19.1 Å². The highest BCUT2D eigenvalue weighted by atomic mass is 35.5. The summed E-state index contributed by atoms with van der Waals surface area (Å²) in [5, 5.41) is 10.6. The van der Waals surface area contributed by atoms with Gasteiger partial charge in [0.1, 0.15) is 0 Å². The van der Waals surface area contributed by atoms with Crippen LogP contribution in [0.5, 0.6) is 0 Å². The molecule has 0 heterocycles. The van der Waals surface area contributed by atoms with E-state index in [2.05, 4.69) is 74.1 Å². The molecule has 1 amide bonds. The summed E-state index contributed by atoms with van der Waals surface area (Å²) in [4.78, 5) is 18.2. The first-order valence-corrected chi connectivity index (χ1v) is 14.4. The number of nitrogens with one attached hydrogen (secondary N) is 1. The van der Waals surface area contributed by atoms with Crippen molar-refractivity contribution in [2.45, 2.75) is 45.2 Å². The molecule has 4 rings (SSSR count). The first kappa shape index (κ1) is 33.0. The van der Waals surface area contributed by atoms with Crippen LogP contribution in [-0.4, -0.2) is 26.1 Å². The summed E-state index contributed by atoms with van der Waals surface area (Å²) in [5.74, 6) is 4.88. The Hall–Kier alpha value is -4.47. The SMILES string of the molecule is C=C(NC(C)c1ccc(Cl)cc1)N(Cc1ccc(C(=O)N=C(N)/N=N\N)cc1)c1ccc(C2=CCCCC2)cc1.COC. The number of methoxy groups -OCH3 is 1. The zero-order valence-corrected chi connectivity index (χ0v) is 25.7. The number of carbonyl (C=O) groups is 1. The molecular weight excluding hydrogens is 562 g/mol. The van der Waals surface area contributed by atoms with Crippen molar-refractivity contribution in [2.24, 2.45) is 26.9 Å². The number of hydrogen-bond acceptors (Lipinski definition) is 5. The molecule has 10 heteroatoms. The summed E-state index contributed by atoms with van der Waals surface area (Å²) < 4.78 is 4.25. The van der Waals surface area contributed by atoms with E-state index < -0.39 is 5.91 Å². The van der Waals surface area contributed by atoms with Crippen LogP contribution in [0.4, 0.5) is 5.69 Å². The fourth-order valence-electron chi connectivity index (χ4n) is 4.65. The Morgan fingerprint density at radius 1 is 1.05 bits per heavy atom. The lowest BCUT2D eigenvalue weighted by atomic mass is 9.93. The van der Waals surface area contributed by atoms with Gasteiger partial charge in [0.15, 0.2) is 0 Å². The molecule has 1 atom stereocenters. The number of ether oxygens (including phenoxy) is 1. The van der Waals surface area contributed by atoms with E-state index in [9.17, 15) is 4.79 Å². The highest BCUT2D eigenvalue weighted by Crippen LogP contribution is 2.30. The summed E-state index contributed by atoms with van der Waals surface area (Å²) in [7, 11) is 3.25. The normalized spacial score (nSPS) is 13.9. The van der Waals surface area contributed by atoms with Crippen molar-refractivity contribution in [1.29, 1.82) is 0 Å². The molecule has 3 aromatic rings. The van der Waals surface area contributed by atoms with Crippen LogP contribution in [0, 0.1) is 0 Å². The quantitative estimate of drug-likeness (QED) is 0.0783. The topological polar surface area (TPSA) is 131 Å². The van der Waals surface area contributed by atoms with Crippen molar-refractivity contribution in [3.05, 3.63) is 119 Å². The van der Waals surface area contributed by atoms with Gasteiger partial charge in [0, 0.05) is 43.1 Å². The number of carbonyl (C=O) groups excluding carboxylic acids is 1. The number of aliphatic imine (C=N–C) groups is 1. The molecule has 0 saturated heterocycles. The Kier molecular flexibility index (Phi) is 12.9. The van der Waals surface area contributed by atoms with Crippen LogP contribution in [0.25, 0.3) is 5.57 Å². The maximum absolute atomic E-state index is 12.4. The predicted molar refractivity (Wildman–Crippen MR) is 176 cm³/mol. The molecule has 0 spiro atoms. The Bertz CT molecular complexity index is 1430. The molecule has 5 N–H and O–H groups in total.